The average Bonchev–Trinajstić information content (AvgIpc) is 2.84. The van der Waals surface area contributed by atoms with E-state index in [0.717, 1.165) is 12.2 Å². The number of halogens is 1. The molecule has 5 heteroatoms. The third kappa shape index (κ3) is 3.54. The molecule has 2 rings (SSSR count). The molecular formula is C13H18BFO3. The fraction of sp³-hybridized carbons (Fsp3) is 0.538. The summed E-state index contributed by atoms with van der Waals surface area (Å²) in [6, 6.07) is 4.29. The molecule has 1 aliphatic rings. The molecule has 0 spiro atoms. The van der Waals surface area contributed by atoms with Crippen molar-refractivity contribution in [2.24, 2.45) is 5.92 Å². The van der Waals surface area contributed by atoms with Gasteiger partial charge in [-0.05, 0) is 30.4 Å². The standard InChI is InChI=1S/C13H18BFO3/c15-13-6-5-11(7-12(13)14(16)17)9-18-8-10-3-1-2-4-10/h5-7,10,16-17H,1-4,8-9H2. The molecule has 0 aliphatic heterocycles. The monoisotopic (exact) mass is 252 g/mol. The van der Waals surface area contributed by atoms with Gasteiger partial charge in [0, 0.05) is 12.1 Å². The van der Waals surface area contributed by atoms with E-state index in [9.17, 15) is 4.39 Å². The smallest absolute Gasteiger partial charge is 0.423 e. The Kier molecular flexibility index (Phi) is 4.75. The molecule has 18 heavy (non-hydrogen) atoms. The van der Waals surface area contributed by atoms with Crippen LogP contribution in [-0.2, 0) is 11.3 Å². The minimum Gasteiger partial charge on any atom is -0.423 e. The molecule has 98 valence electrons. The molecule has 0 amide bonds. The van der Waals surface area contributed by atoms with E-state index in [-0.39, 0.29) is 5.46 Å². The average molecular weight is 252 g/mol. The zero-order valence-electron chi connectivity index (χ0n) is 10.3. The molecule has 0 unspecified atom stereocenters. The number of ether oxygens (including phenoxy) is 1. The van der Waals surface area contributed by atoms with Crippen LogP contribution in [0.1, 0.15) is 31.2 Å². The summed E-state index contributed by atoms with van der Waals surface area (Å²) in [6.45, 7) is 1.12. The van der Waals surface area contributed by atoms with Gasteiger partial charge in [-0.1, -0.05) is 25.0 Å². The van der Waals surface area contributed by atoms with Crippen molar-refractivity contribution in [3.8, 4) is 0 Å². The molecule has 0 saturated heterocycles. The number of hydrogen-bond acceptors (Lipinski definition) is 3. The molecule has 0 atom stereocenters. The zero-order chi connectivity index (χ0) is 13.0. The maximum atomic E-state index is 13.2. The van der Waals surface area contributed by atoms with E-state index >= 15 is 0 Å². The first-order valence-corrected chi connectivity index (χ1v) is 6.39. The van der Waals surface area contributed by atoms with Gasteiger partial charge in [-0.2, -0.15) is 0 Å². The molecular weight excluding hydrogens is 234 g/mol. The maximum Gasteiger partial charge on any atom is 0.491 e. The van der Waals surface area contributed by atoms with Crippen molar-refractivity contribution < 1.29 is 19.2 Å². The Labute approximate surface area is 107 Å². The van der Waals surface area contributed by atoms with Gasteiger partial charge in [-0.25, -0.2) is 4.39 Å². The molecule has 0 aromatic heterocycles. The highest BCUT2D eigenvalue weighted by molar-refractivity contribution is 6.58. The minimum absolute atomic E-state index is 0.100. The highest BCUT2D eigenvalue weighted by Crippen LogP contribution is 2.24. The Morgan fingerprint density at radius 3 is 2.67 bits per heavy atom. The van der Waals surface area contributed by atoms with E-state index < -0.39 is 12.9 Å². The summed E-state index contributed by atoms with van der Waals surface area (Å²) in [5.41, 5.74) is 0.662. The van der Waals surface area contributed by atoms with Crippen molar-refractivity contribution in [3.05, 3.63) is 29.6 Å². The van der Waals surface area contributed by atoms with E-state index in [1.54, 1.807) is 6.07 Å². The van der Waals surface area contributed by atoms with Crippen LogP contribution in [0.4, 0.5) is 4.39 Å². The second-order valence-corrected chi connectivity index (χ2v) is 4.90. The van der Waals surface area contributed by atoms with Crippen LogP contribution in [0.25, 0.3) is 0 Å². The van der Waals surface area contributed by atoms with Gasteiger partial charge in [0.15, 0.2) is 0 Å². The summed E-state index contributed by atoms with van der Waals surface area (Å²) in [4.78, 5) is 0. The summed E-state index contributed by atoms with van der Waals surface area (Å²) < 4.78 is 18.8. The molecule has 1 aliphatic carbocycles. The van der Waals surface area contributed by atoms with Crippen LogP contribution in [0.15, 0.2) is 18.2 Å². The molecule has 1 aromatic rings. The van der Waals surface area contributed by atoms with Crippen LogP contribution in [-0.4, -0.2) is 23.8 Å². The molecule has 1 aromatic carbocycles. The SMILES string of the molecule is OB(O)c1cc(COCC2CCCC2)ccc1F. The van der Waals surface area contributed by atoms with Crippen molar-refractivity contribution in [1.82, 2.24) is 0 Å². The predicted molar refractivity (Wildman–Crippen MR) is 67.8 cm³/mol. The predicted octanol–water partition coefficient (Wildman–Crippen LogP) is 1.21. The molecule has 2 N–H and O–H groups in total. The molecule has 0 radical (unpaired) electrons. The normalized spacial score (nSPS) is 16.2. The lowest BCUT2D eigenvalue weighted by Gasteiger charge is -2.11. The van der Waals surface area contributed by atoms with Gasteiger partial charge in [-0.15, -0.1) is 0 Å². The van der Waals surface area contributed by atoms with Gasteiger partial charge in [0.1, 0.15) is 5.82 Å². The highest BCUT2D eigenvalue weighted by Gasteiger charge is 2.17. The zero-order valence-corrected chi connectivity index (χ0v) is 10.3. The van der Waals surface area contributed by atoms with E-state index in [1.807, 2.05) is 0 Å². The van der Waals surface area contributed by atoms with Crippen LogP contribution in [0.3, 0.4) is 0 Å². The fourth-order valence-corrected chi connectivity index (χ4v) is 2.40. The summed E-state index contributed by atoms with van der Waals surface area (Å²) >= 11 is 0. The van der Waals surface area contributed by atoms with Crippen LogP contribution in [0.2, 0.25) is 0 Å². The largest absolute Gasteiger partial charge is 0.491 e. The van der Waals surface area contributed by atoms with Crippen molar-refractivity contribution in [2.45, 2.75) is 32.3 Å². The van der Waals surface area contributed by atoms with Crippen molar-refractivity contribution in [2.75, 3.05) is 6.61 Å². The summed E-state index contributed by atoms with van der Waals surface area (Å²) in [5.74, 6) is 0.0397. The first kappa shape index (κ1) is 13.5. The maximum absolute atomic E-state index is 13.2. The van der Waals surface area contributed by atoms with Gasteiger partial charge in [0.05, 0.1) is 6.61 Å². The van der Waals surface area contributed by atoms with E-state index in [2.05, 4.69) is 0 Å². The molecule has 1 fully saturated rings. The van der Waals surface area contributed by atoms with Crippen molar-refractivity contribution in [3.63, 3.8) is 0 Å². The van der Waals surface area contributed by atoms with Gasteiger partial charge < -0.3 is 14.8 Å². The Hall–Kier alpha value is -0.905. The second-order valence-electron chi connectivity index (χ2n) is 4.90. The third-order valence-electron chi connectivity index (χ3n) is 3.44. The van der Waals surface area contributed by atoms with Crippen LogP contribution < -0.4 is 5.46 Å². The van der Waals surface area contributed by atoms with E-state index in [4.69, 9.17) is 14.8 Å². The van der Waals surface area contributed by atoms with Crippen LogP contribution >= 0.6 is 0 Å². The summed E-state index contributed by atoms with van der Waals surface area (Å²) in [5, 5.41) is 18.0. The summed E-state index contributed by atoms with van der Waals surface area (Å²) in [7, 11) is -1.78. The Morgan fingerprint density at radius 2 is 2.00 bits per heavy atom. The number of hydrogen-bond donors (Lipinski definition) is 2. The van der Waals surface area contributed by atoms with Gasteiger partial charge in [0.25, 0.3) is 0 Å². The summed E-state index contributed by atoms with van der Waals surface area (Å²) in [6.07, 6.45) is 5.02. The minimum atomic E-state index is -1.78. The first-order chi connectivity index (χ1) is 8.66. The molecule has 0 heterocycles. The molecule has 3 nitrogen and oxygen atoms in total. The highest BCUT2D eigenvalue weighted by atomic mass is 19.1. The van der Waals surface area contributed by atoms with Crippen LogP contribution in [0, 0.1) is 11.7 Å². The van der Waals surface area contributed by atoms with Gasteiger partial charge >= 0.3 is 7.12 Å². The van der Waals surface area contributed by atoms with Gasteiger partial charge in [-0.3, -0.25) is 0 Å². The quantitative estimate of drug-likeness (QED) is 0.774. The third-order valence-corrected chi connectivity index (χ3v) is 3.44. The first-order valence-electron chi connectivity index (χ1n) is 6.39. The Morgan fingerprint density at radius 1 is 1.28 bits per heavy atom. The van der Waals surface area contributed by atoms with Gasteiger partial charge in [0.2, 0.25) is 0 Å². The van der Waals surface area contributed by atoms with Crippen LogP contribution in [0.5, 0.6) is 0 Å². The lowest BCUT2D eigenvalue weighted by Crippen LogP contribution is -2.33. The van der Waals surface area contributed by atoms with Crippen molar-refractivity contribution >= 4 is 12.6 Å². The number of benzene rings is 1. The lowest BCUT2D eigenvalue weighted by atomic mass is 9.79. The fourth-order valence-electron chi connectivity index (χ4n) is 2.40. The van der Waals surface area contributed by atoms with E-state index in [0.29, 0.717) is 12.5 Å². The second kappa shape index (κ2) is 6.32. The topological polar surface area (TPSA) is 49.7 Å². The molecule has 0 bridgehead atoms. The Balaban J connectivity index is 1.86. The van der Waals surface area contributed by atoms with E-state index in [1.165, 1.54) is 37.8 Å². The molecule has 1 saturated carbocycles. The lowest BCUT2D eigenvalue weighted by molar-refractivity contribution is 0.0889. The van der Waals surface area contributed by atoms with Crippen molar-refractivity contribution in [1.29, 1.82) is 0 Å². The Bertz CT molecular complexity index is 392. The number of rotatable bonds is 5.